The van der Waals surface area contributed by atoms with Gasteiger partial charge < -0.3 is 17.7 Å². The molecule has 61 heavy (non-hydrogen) atoms. The van der Waals surface area contributed by atoms with Crippen molar-refractivity contribution in [2.45, 2.75) is 0 Å². The predicted molar refractivity (Wildman–Crippen MR) is 261 cm³/mol. The van der Waals surface area contributed by atoms with E-state index in [0.717, 1.165) is 108 Å². The van der Waals surface area contributed by atoms with Crippen LogP contribution >= 0.6 is 44.7 Å². The molecule has 0 saturated heterocycles. The fourth-order valence-corrected chi connectivity index (χ4v) is 9.61. The van der Waals surface area contributed by atoms with E-state index in [2.05, 4.69) is 166 Å². The van der Waals surface area contributed by atoms with Crippen LogP contribution in [0.5, 0.6) is 0 Å². The Morgan fingerprint density at radius 2 is 0.672 bits per heavy atom. The molecule has 5 nitrogen and oxygen atoms in total. The minimum absolute atomic E-state index is 0.743. The second-order valence-electron chi connectivity index (χ2n) is 14.3. The van der Waals surface area contributed by atoms with Gasteiger partial charge in [-0.25, -0.2) is 0 Å². The second-order valence-corrected chi connectivity index (χ2v) is 16.0. The van der Waals surface area contributed by atoms with Crippen molar-refractivity contribution in [1.29, 1.82) is 0 Å². The average molecular weight is 937 g/mol. The number of thiol groups is 1. The van der Waals surface area contributed by atoms with Crippen LogP contribution in [-0.2, 0) is 0 Å². The van der Waals surface area contributed by atoms with Gasteiger partial charge in [0.25, 0.3) is 0 Å². The molecule has 4 aromatic heterocycles. The molecule has 0 atom stereocenters. The first-order valence-electron chi connectivity index (χ1n) is 19.4. The smallest absolute Gasteiger partial charge is 0.135 e. The fourth-order valence-electron chi connectivity index (χ4n) is 8.41. The van der Waals surface area contributed by atoms with Gasteiger partial charge >= 0.3 is 24.8 Å². The third-order valence-corrected chi connectivity index (χ3v) is 12.1. The minimum atomic E-state index is 0.743. The summed E-state index contributed by atoms with van der Waals surface area (Å²) in [6.07, 6.45) is 3.72. The summed E-state index contributed by atoms with van der Waals surface area (Å²) in [5.74, 6) is 0. The number of furan rings is 4. The Bertz CT molecular complexity index is 3290. The zero-order valence-electron chi connectivity index (χ0n) is 32.2. The Morgan fingerprint density at radius 1 is 0.377 bits per heavy atom. The van der Waals surface area contributed by atoms with Crippen molar-refractivity contribution < 1.29 is 17.7 Å². The van der Waals surface area contributed by atoms with E-state index in [0.29, 0.717) is 0 Å². The first-order chi connectivity index (χ1) is 30.0. The van der Waals surface area contributed by atoms with Crippen molar-refractivity contribution in [3.05, 3.63) is 192 Å². The van der Waals surface area contributed by atoms with E-state index < -0.39 is 0 Å². The fraction of sp³-hybridized carbons (Fsp3) is 0. The van der Waals surface area contributed by atoms with Crippen molar-refractivity contribution in [1.82, 2.24) is 0 Å². The molecule has 0 N–H and O–H groups in total. The van der Waals surface area contributed by atoms with Crippen LogP contribution in [0.15, 0.2) is 214 Å². The maximum absolute atomic E-state index is 6.08. The Kier molecular flexibility index (Phi) is 10.5. The molecular formula is C52H31BBr2NO4S. The van der Waals surface area contributed by atoms with E-state index in [9.17, 15) is 0 Å². The zero-order valence-corrected chi connectivity index (χ0v) is 36.2. The summed E-state index contributed by atoms with van der Waals surface area (Å²) in [6.45, 7) is 0. The molecule has 8 aromatic carbocycles. The van der Waals surface area contributed by atoms with Gasteiger partial charge in [0.05, 0.1) is 12.5 Å². The van der Waals surface area contributed by atoms with Crippen LogP contribution in [0.4, 0.5) is 0 Å². The van der Waals surface area contributed by atoms with Crippen LogP contribution in [0.1, 0.15) is 0 Å². The Balaban J connectivity index is 0.000000138. The molecule has 0 aliphatic rings. The topological polar surface area (TPSA) is 64.9 Å². The molecule has 0 amide bonds. The molecule has 0 aliphatic carbocycles. The predicted octanol–water partition coefficient (Wildman–Crippen LogP) is 17.0. The summed E-state index contributed by atoms with van der Waals surface area (Å²) < 4.78 is 28.1. The average Bonchev–Trinajstić information content (AvgIpc) is 4.10. The number of nitrogens with zero attached hydrogens (tertiary/aromatic N) is 1. The number of hydrogen-bond acceptors (Lipinski definition) is 6. The number of halogens is 2. The number of fused-ring (bicyclic) bond motifs is 10. The van der Waals surface area contributed by atoms with Crippen molar-refractivity contribution in [3.8, 4) is 44.5 Å². The Hall–Kier alpha value is -6.39. The van der Waals surface area contributed by atoms with Gasteiger partial charge in [0.15, 0.2) is 9.34 Å². The van der Waals surface area contributed by atoms with Gasteiger partial charge in [0.2, 0.25) is 0 Å². The van der Waals surface area contributed by atoms with Crippen LogP contribution in [0, 0.1) is 0 Å². The van der Waals surface area contributed by atoms with E-state index in [1.54, 1.807) is 0 Å². The van der Waals surface area contributed by atoms with Crippen LogP contribution in [0.25, 0.3) is 110 Å². The first-order valence-corrected chi connectivity index (χ1v) is 21.4. The largest absolute Gasteiger partial charge is 0.464 e. The monoisotopic (exact) mass is 934 g/mol. The molecule has 0 spiro atoms. The van der Waals surface area contributed by atoms with E-state index in [1.165, 1.54) is 10.8 Å². The van der Waals surface area contributed by atoms with Crippen LogP contribution in [-0.4, -0.2) is 7.64 Å². The summed E-state index contributed by atoms with van der Waals surface area (Å²) in [4.78, 5) is 0. The Morgan fingerprint density at radius 3 is 1.02 bits per heavy atom. The van der Waals surface area contributed by atoms with Gasteiger partial charge in [-0.1, -0.05) is 121 Å². The van der Waals surface area contributed by atoms with E-state index in [4.69, 9.17) is 17.7 Å². The van der Waals surface area contributed by atoms with Crippen LogP contribution in [0.3, 0.4) is 0 Å². The van der Waals surface area contributed by atoms with Crippen LogP contribution in [0.2, 0.25) is 0 Å². The molecule has 291 valence electrons. The second kappa shape index (κ2) is 16.6. The zero-order chi connectivity index (χ0) is 41.5. The molecule has 9 heteroatoms. The van der Waals surface area contributed by atoms with E-state index in [1.807, 2.05) is 73.2 Å². The van der Waals surface area contributed by atoms with Gasteiger partial charge in [-0.3, -0.25) is 0 Å². The maximum atomic E-state index is 6.08. The molecule has 0 fully saturated rings. The van der Waals surface area contributed by atoms with E-state index >= 15 is 0 Å². The minimum Gasteiger partial charge on any atom is -0.464 e. The summed E-state index contributed by atoms with van der Waals surface area (Å²) >= 11 is 10.5. The summed E-state index contributed by atoms with van der Waals surface area (Å²) in [5, 5.41) is 9.12. The number of rotatable bonds is 4. The number of benzene rings is 8. The molecule has 0 aliphatic heterocycles. The summed E-state index contributed by atoms with van der Waals surface area (Å²) in [7, 11) is 4.34. The third-order valence-electron chi connectivity index (χ3n) is 11.0. The van der Waals surface area contributed by atoms with Gasteiger partial charge in [0.1, 0.15) is 22.3 Å². The van der Waals surface area contributed by atoms with Crippen LogP contribution < -0.4 is 0 Å². The van der Waals surface area contributed by atoms with Gasteiger partial charge in [-0.05, 0) is 124 Å². The van der Waals surface area contributed by atoms with Gasteiger partial charge in [-0.2, -0.15) is 0 Å². The quantitative estimate of drug-likeness (QED) is 0.141. The molecule has 0 unspecified atom stereocenters. The summed E-state index contributed by atoms with van der Waals surface area (Å²) in [6, 6.07) is 58.2. The van der Waals surface area contributed by atoms with Crippen molar-refractivity contribution >= 4 is 118 Å². The molecule has 0 saturated carbocycles. The van der Waals surface area contributed by atoms with Crippen molar-refractivity contribution in [3.63, 3.8) is 0 Å². The maximum Gasteiger partial charge on any atom is 0.135 e. The van der Waals surface area contributed by atoms with Crippen molar-refractivity contribution in [2.75, 3.05) is 0 Å². The molecule has 1 radical (unpaired) electrons. The molecule has 0 bridgehead atoms. The number of hydrogen-bond donors (Lipinski definition) is 1. The third kappa shape index (κ3) is 6.93. The van der Waals surface area contributed by atoms with E-state index in [-0.39, 0.29) is 0 Å². The molecular weight excluding hydrogens is 905 g/mol. The first kappa shape index (κ1) is 38.8. The normalized spacial score (nSPS) is 11.2. The molecule has 12 rings (SSSR count). The summed E-state index contributed by atoms with van der Waals surface area (Å²) in [5.41, 5.74) is 12.4. The molecule has 4 heterocycles. The van der Waals surface area contributed by atoms with Gasteiger partial charge in [0, 0.05) is 43.8 Å². The Labute approximate surface area is 373 Å². The molecule has 12 aromatic rings. The standard InChI is InChI=1S/C26H14Br2O2.C26H16O2.BHNS/c27-25-21(15-7-3-1-4-8-15)23-17-11-14-20-24(18(17)12-13-19(23)29-25)22(26(28)30-20)16-9-5-2-6-10-16;1-3-7-17(8-4-1)21-15-27-23-13-12-20-19(25(21)23)11-14-24-26(20)22(16-28-24)18-9-5-2-6-10-18;1-2-3/h1-14H;1-16H;3H. The van der Waals surface area contributed by atoms with Crippen molar-refractivity contribution in [2.24, 2.45) is 4.30 Å². The van der Waals surface area contributed by atoms with Gasteiger partial charge in [-0.15, -0.1) is 0 Å². The SMILES string of the molecule is Brc1oc2ccc3c(ccc4oc(Br)c(-c5ccccc5)c43)c2c1-c1ccccc1.[B]=NS.c1ccc(-c2coc3ccc4c(ccc5occ(-c6ccccc6)c54)c23)cc1.